The number of pyridine rings is 1. The number of hydrogen-bond donors (Lipinski definition) is 1. The lowest BCUT2D eigenvalue weighted by Crippen LogP contribution is -2.34. The Morgan fingerprint density at radius 3 is 2.67 bits per heavy atom. The van der Waals surface area contributed by atoms with Gasteiger partial charge in [-0.3, -0.25) is 13.9 Å². The lowest BCUT2D eigenvalue weighted by Gasteiger charge is -2.14. The molecule has 142 valence electrons. The number of primary amides is 1. The van der Waals surface area contributed by atoms with E-state index in [9.17, 15) is 9.59 Å². The maximum atomic E-state index is 13.0. The molecule has 0 saturated heterocycles. The number of benzene rings is 1. The molecule has 7 heteroatoms. The predicted octanol–water partition coefficient (Wildman–Crippen LogP) is 3.75. The van der Waals surface area contributed by atoms with E-state index in [1.54, 1.807) is 16.8 Å². The fraction of sp³-hybridized carbons (Fsp3) is 0.350. The van der Waals surface area contributed by atoms with Crippen LogP contribution in [0.1, 0.15) is 39.2 Å². The summed E-state index contributed by atoms with van der Waals surface area (Å²) in [4.78, 5) is 29.5. The highest BCUT2D eigenvalue weighted by atomic mass is 35.5. The van der Waals surface area contributed by atoms with Crippen LogP contribution in [-0.4, -0.2) is 20.0 Å². The molecule has 6 nitrogen and oxygen atoms in total. The number of carbonyl (C=O) groups is 1. The number of aryl methyl sites for hydroxylation is 1. The van der Waals surface area contributed by atoms with Crippen LogP contribution in [-0.2, 0) is 11.3 Å². The van der Waals surface area contributed by atoms with Crippen LogP contribution in [0.3, 0.4) is 0 Å². The van der Waals surface area contributed by atoms with Crippen LogP contribution in [0, 0.1) is 0 Å². The standard InChI is InChI=1S/C20H23ClN4O2/c1-3-5-9-16(18(22)26)25-19-17(24(4-2)20(25)27)11-14(12-23-19)13-7-6-8-15(21)10-13/h6-8,10-12,16H,3-5,9H2,1-2H3,(H2,22,26). The van der Waals surface area contributed by atoms with Gasteiger partial charge in [-0.2, -0.15) is 0 Å². The summed E-state index contributed by atoms with van der Waals surface area (Å²) in [6.45, 7) is 4.40. The second kappa shape index (κ2) is 7.96. The van der Waals surface area contributed by atoms with Gasteiger partial charge in [0.25, 0.3) is 0 Å². The molecule has 1 atom stereocenters. The van der Waals surface area contributed by atoms with E-state index in [0.29, 0.717) is 29.2 Å². The van der Waals surface area contributed by atoms with E-state index in [1.807, 2.05) is 38.1 Å². The molecule has 3 rings (SSSR count). The van der Waals surface area contributed by atoms with Gasteiger partial charge in [0.15, 0.2) is 5.65 Å². The number of rotatable bonds is 7. The summed E-state index contributed by atoms with van der Waals surface area (Å²) in [5.74, 6) is -0.513. The van der Waals surface area contributed by atoms with E-state index in [4.69, 9.17) is 17.3 Å². The van der Waals surface area contributed by atoms with Crippen molar-refractivity contribution in [2.45, 2.75) is 45.7 Å². The number of aromatic nitrogens is 3. The molecule has 1 amide bonds. The molecular weight excluding hydrogens is 364 g/mol. The van der Waals surface area contributed by atoms with Crippen molar-refractivity contribution in [2.75, 3.05) is 0 Å². The van der Waals surface area contributed by atoms with Gasteiger partial charge in [0, 0.05) is 23.3 Å². The van der Waals surface area contributed by atoms with Gasteiger partial charge in [-0.05, 0) is 37.1 Å². The third-order valence-electron chi connectivity index (χ3n) is 4.75. The Hall–Kier alpha value is -2.60. The molecule has 2 aromatic heterocycles. The molecule has 1 unspecified atom stereocenters. The predicted molar refractivity (Wildman–Crippen MR) is 108 cm³/mol. The van der Waals surface area contributed by atoms with Crippen LogP contribution in [0.5, 0.6) is 0 Å². The average molecular weight is 387 g/mol. The van der Waals surface area contributed by atoms with Crippen molar-refractivity contribution >= 4 is 28.7 Å². The number of halogens is 1. The number of hydrogen-bond acceptors (Lipinski definition) is 3. The SMILES string of the molecule is CCCCC(C(N)=O)n1c(=O)n(CC)c2cc(-c3cccc(Cl)c3)cnc21. The molecule has 0 radical (unpaired) electrons. The van der Waals surface area contributed by atoms with Crippen molar-refractivity contribution in [3.05, 3.63) is 52.0 Å². The van der Waals surface area contributed by atoms with Gasteiger partial charge in [0.05, 0.1) is 5.52 Å². The van der Waals surface area contributed by atoms with E-state index in [0.717, 1.165) is 24.0 Å². The number of nitrogens with zero attached hydrogens (tertiary/aromatic N) is 3. The molecule has 2 N–H and O–H groups in total. The van der Waals surface area contributed by atoms with E-state index in [2.05, 4.69) is 4.98 Å². The lowest BCUT2D eigenvalue weighted by atomic mass is 10.1. The van der Waals surface area contributed by atoms with Gasteiger partial charge in [0.1, 0.15) is 6.04 Å². The quantitative estimate of drug-likeness (QED) is 0.671. The minimum Gasteiger partial charge on any atom is -0.368 e. The zero-order valence-electron chi connectivity index (χ0n) is 15.5. The summed E-state index contributed by atoms with van der Waals surface area (Å²) in [6, 6.07) is 8.68. The maximum absolute atomic E-state index is 13.0. The smallest absolute Gasteiger partial charge is 0.331 e. The first-order valence-corrected chi connectivity index (χ1v) is 9.51. The second-order valence-corrected chi connectivity index (χ2v) is 6.97. The Bertz CT molecular complexity index is 1040. The highest BCUT2D eigenvalue weighted by Gasteiger charge is 2.25. The zero-order valence-corrected chi connectivity index (χ0v) is 16.2. The van der Waals surface area contributed by atoms with Crippen LogP contribution in [0.2, 0.25) is 5.02 Å². The normalized spacial score (nSPS) is 12.4. The number of amides is 1. The number of unbranched alkanes of at least 4 members (excludes halogenated alkanes) is 1. The Morgan fingerprint density at radius 1 is 1.26 bits per heavy atom. The Morgan fingerprint density at radius 2 is 2.04 bits per heavy atom. The minimum absolute atomic E-state index is 0.261. The Labute approximate surface area is 162 Å². The molecule has 27 heavy (non-hydrogen) atoms. The first-order chi connectivity index (χ1) is 13.0. The molecule has 0 bridgehead atoms. The maximum Gasteiger partial charge on any atom is 0.331 e. The van der Waals surface area contributed by atoms with Crippen molar-refractivity contribution in [3.8, 4) is 11.1 Å². The van der Waals surface area contributed by atoms with Crippen LogP contribution in [0.15, 0.2) is 41.3 Å². The molecule has 0 fully saturated rings. The minimum atomic E-state index is -0.697. The van der Waals surface area contributed by atoms with Gasteiger partial charge in [-0.1, -0.05) is 43.5 Å². The van der Waals surface area contributed by atoms with Crippen LogP contribution in [0.4, 0.5) is 0 Å². The molecule has 0 saturated carbocycles. The Balaban J connectivity index is 2.21. The van der Waals surface area contributed by atoms with Crippen LogP contribution in [0.25, 0.3) is 22.3 Å². The van der Waals surface area contributed by atoms with Gasteiger partial charge in [-0.25, -0.2) is 9.78 Å². The summed E-state index contributed by atoms with van der Waals surface area (Å²) in [5.41, 5.74) is 8.28. The summed E-state index contributed by atoms with van der Waals surface area (Å²) < 4.78 is 3.07. The van der Waals surface area contributed by atoms with Crippen molar-refractivity contribution in [1.29, 1.82) is 0 Å². The van der Waals surface area contributed by atoms with Gasteiger partial charge >= 0.3 is 5.69 Å². The average Bonchev–Trinajstić information content (AvgIpc) is 2.92. The fourth-order valence-corrected chi connectivity index (χ4v) is 3.55. The van der Waals surface area contributed by atoms with Gasteiger partial charge in [0.2, 0.25) is 5.91 Å². The van der Waals surface area contributed by atoms with E-state index >= 15 is 0 Å². The van der Waals surface area contributed by atoms with E-state index in [-0.39, 0.29) is 5.69 Å². The largest absolute Gasteiger partial charge is 0.368 e. The first kappa shape index (κ1) is 19.2. The van der Waals surface area contributed by atoms with Gasteiger partial charge < -0.3 is 5.73 Å². The third-order valence-corrected chi connectivity index (χ3v) is 4.98. The third kappa shape index (κ3) is 3.62. The molecule has 0 aliphatic rings. The van der Waals surface area contributed by atoms with Crippen molar-refractivity contribution in [3.63, 3.8) is 0 Å². The van der Waals surface area contributed by atoms with Crippen molar-refractivity contribution < 1.29 is 4.79 Å². The topological polar surface area (TPSA) is 82.9 Å². The van der Waals surface area contributed by atoms with E-state index < -0.39 is 11.9 Å². The molecule has 0 aliphatic heterocycles. The number of imidazole rings is 1. The van der Waals surface area contributed by atoms with Crippen LogP contribution >= 0.6 is 11.6 Å². The van der Waals surface area contributed by atoms with Crippen LogP contribution < -0.4 is 11.4 Å². The molecule has 1 aromatic carbocycles. The molecule has 0 aliphatic carbocycles. The number of fused-ring (bicyclic) bond motifs is 1. The monoisotopic (exact) mass is 386 g/mol. The fourth-order valence-electron chi connectivity index (χ4n) is 3.36. The van der Waals surface area contributed by atoms with Gasteiger partial charge in [-0.15, -0.1) is 0 Å². The van der Waals surface area contributed by atoms with E-state index in [1.165, 1.54) is 4.57 Å². The summed E-state index contributed by atoms with van der Waals surface area (Å²) in [5, 5.41) is 0.631. The summed E-state index contributed by atoms with van der Waals surface area (Å²) in [6.07, 6.45) is 3.94. The van der Waals surface area contributed by atoms with Crippen molar-refractivity contribution in [1.82, 2.24) is 14.1 Å². The number of carbonyl (C=O) groups excluding carboxylic acids is 1. The Kier molecular flexibility index (Phi) is 5.65. The molecular formula is C20H23ClN4O2. The second-order valence-electron chi connectivity index (χ2n) is 6.53. The van der Waals surface area contributed by atoms with Crippen molar-refractivity contribution in [2.24, 2.45) is 5.73 Å². The summed E-state index contributed by atoms with van der Waals surface area (Å²) in [7, 11) is 0. The summed E-state index contributed by atoms with van der Waals surface area (Å²) >= 11 is 6.09. The molecule has 0 spiro atoms. The molecule has 2 heterocycles. The lowest BCUT2D eigenvalue weighted by molar-refractivity contribution is -0.121. The highest BCUT2D eigenvalue weighted by molar-refractivity contribution is 6.30. The molecule has 3 aromatic rings. The highest BCUT2D eigenvalue weighted by Crippen LogP contribution is 2.26. The first-order valence-electron chi connectivity index (χ1n) is 9.14. The zero-order chi connectivity index (χ0) is 19.6. The number of nitrogens with two attached hydrogens (primary N) is 1.